The molecule has 1 N–H and O–H groups in total. The second-order valence-corrected chi connectivity index (χ2v) is 9.59. The first-order valence-electron chi connectivity index (χ1n) is 8.92. The van der Waals surface area contributed by atoms with Gasteiger partial charge in [-0.1, -0.05) is 41.6 Å². The maximum atomic E-state index is 12.9. The molecule has 31 heavy (non-hydrogen) atoms. The van der Waals surface area contributed by atoms with Crippen molar-refractivity contribution in [1.82, 2.24) is 0 Å². The van der Waals surface area contributed by atoms with E-state index < -0.39 is 5.97 Å². The first kappa shape index (κ1) is 21.8. The van der Waals surface area contributed by atoms with Gasteiger partial charge in [0.15, 0.2) is 4.32 Å². The molecule has 1 aliphatic rings. The minimum Gasteiger partial charge on any atom is -0.478 e. The molecule has 5 nitrogen and oxygen atoms in total. The fourth-order valence-corrected chi connectivity index (χ4v) is 4.79. The monoisotopic (exact) mass is 533 g/mol. The number of furan rings is 1. The zero-order chi connectivity index (χ0) is 22.3. The summed E-state index contributed by atoms with van der Waals surface area (Å²) in [4.78, 5) is 25.9. The van der Waals surface area contributed by atoms with Gasteiger partial charge in [-0.15, -0.1) is 0 Å². The van der Waals surface area contributed by atoms with Crippen LogP contribution in [0.4, 0.5) is 5.69 Å². The van der Waals surface area contributed by atoms with Crippen molar-refractivity contribution in [2.24, 2.45) is 0 Å². The number of aromatic carboxylic acids is 1. The van der Waals surface area contributed by atoms with Crippen molar-refractivity contribution in [2.45, 2.75) is 6.92 Å². The standard InChI is InChI=1S/C22H13BrClNO4S2/c1-11-8-12(21(27)28)2-5-15(11)18-7-4-14(29-18)10-19-20(26)25(22(30)31-19)13-3-6-16(23)17(24)9-13/h2-10H,1H3,(H,27,28)/b19-10+. The smallest absolute Gasteiger partial charge is 0.335 e. The van der Waals surface area contributed by atoms with E-state index in [1.54, 1.807) is 48.5 Å². The lowest BCUT2D eigenvalue weighted by molar-refractivity contribution is -0.113. The highest BCUT2D eigenvalue weighted by Gasteiger charge is 2.33. The number of aryl methyl sites for hydroxylation is 1. The van der Waals surface area contributed by atoms with E-state index in [-0.39, 0.29) is 11.5 Å². The van der Waals surface area contributed by atoms with Gasteiger partial charge < -0.3 is 9.52 Å². The van der Waals surface area contributed by atoms with E-state index in [2.05, 4.69) is 15.9 Å². The highest BCUT2D eigenvalue weighted by molar-refractivity contribution is 9.10. The molecule has 0 spiro atoms. The molecule has 0 unspecified atom stereocenters. The quantitative estimate of drug-likeness (QED) is 0.294. The second-order valence-electron chi connectivity index (χ2n) is 6.65. The SMILES string of the molecule is Cc1cc(C(=O)O)ccc1-c1ccc(/C=C2/SC(=S)N(c3ccc(Br)c(Cl)c3)C2=O)o1. The van der Waals surface area contributed by atoms with Crippen molar-refractivity contribution >= 4 is 79.5 Å². The molecule has 1 aliphatic heterocycles. The molecule has 0 atom stereocenters. The van der Waals surface area contributed by atoms with Gasteiger partial charge in [-0.2, -0.15) is 0 Å². The molecule has 1 amide bonds. The number of halogens is 2. The predicted molar refractivity (Wildman–Crippen MR) is 131 cm³/mol. The maximum Gasteiger partial charge on any atom is 0.335 e. The molecule has 1 aromatic heterocycles. The normalized spacial score (nSPS) is 15.2. The average molecular weight is 535 g/mol. The van der Waals surface area contributed by atoms with Gasteiger partial charge in [0.2, 0.25) is 0 Å². The summed E-state index contributed by atoms with van der Waals surface area (Å²) in [5, 5.41) is 9.61. The van der Waals surface area contributed by atoms with E-state index in [9.17, 15) is 9.59 Å². The van der Waals surface area contributed by atoms with E-state index in [0.29, 0.717) is 31.5 Å². The highest BCUT2D eigenvalue weighted by atomic mass is 79.9. The molecule has 1 fully saturated rings. The van der Waals surface area contributed by atoms with Gasteiger partial charge in [0.25, 0.3) is 5.91 Å². The Bertz CT molecular complexity index is 1280. The van der Waals surface area contributed by atoms with Crippen LogP contribution in [-0.2, 0) is 4.79 Å². The lowest BCUT2D eigenvalue weighted by Gasteiger charge is -2.15. The first-order valence-corrected chi connectivity index (χ1v) is 11.3. The third-order valence-electron chi connectivity index (χ3n) is 4.59. The molecular formula is C22H13BrClNO4S2. The topological polar surface area (TPSA) is 70.8 Å². The van der Waals surface area contributed by atoms with Gasteiger partial charge in [-0.25, -0.2) is 4.79 Å². The van der Waals surface area contributed by atoms with Crippen LogP contribution in [0.1, 0.15) is 21.7 Å². The summed E-state index contributed by atoms with van der Waals surface area (Å²) in [6, 6.07) is 13.6. The zero-order valence-corrected chi connectivity index (χ0v) is 19.9. The Labute approximate surface area is 200 Å². The van der Waals surface area contributed by atoms with Crippen molar-refractivity contribution in [2.75, 3.05) is 4.90 Å². The summed E-state index contributed by atoms with van der Waals surface area (Å²) >= 11 is 16.1. The molecule has 0 radical (unpaired) electrons. The van der Waals surface area contributed by atoms with Crippen LogP contribution in [0.2, 0.25) is 5.02 Å². The summed E-state index contributed by atoms with van der Waals surface area (Å²) in [6.45, 7) is 1.82. The number of carboxylic acids is 1. The zero-order valence-electron chi connectivity index (χ0n) is 15.9. The molecule has 0 aliphatic carbocycles. The Morgan fingerprint density at radius 3 is 2.68 bits per heavy atom. The molecule has 2 aromatic carbocycles. The van der Waals surface area contributed by atoms with Crippen molar-refractivity contribution in [3.8, 4) is 11.3 Å². The Morgan fingerprint density at radius 1 is 1.23 bits per heavy atom. The Morgan fingerprint density at radius 2 is 2.00 bits per heavy atom. The van der Waals surface area contributed by atoms with Crippen molar-refractivity contribution in [3.63, 3.8) is 0 Å². The number of hydrogen-bond donors (Lipinski definition) is 1. The number of carbonyl (C=O) groups is 2. The second kappa shape index (κ2) is 8.63. The predicted octanol–water partition coefficient (Wildman–Crippen LogP) is 6.77. The van der Waals surface area contributed by atoms with Gasteiger partial charge in [-0.05, 0) is 70.9 Å². The van der Waals surface area contributed by atoms with Crippen LogP contribution in [0, 0.1) is 6.92 Å². The summed E-state index contributed by atoms with van der Waals surface area (Å²) in [5.41, 5.74) is 2.36. The molecule has 3 aromatic rings. The van der Waals surface area contributed by atoms with E-state index in [1.165, 1.54) is 22.7 Å². The van der Waals surface area contributed by atoms with Crippen LogP contribution < -0.4 is 4.90 Å². The number of nitrogens with zero attached hydrogens (tertiary/aromatic N) is 1. The lowest BCUT2D eigenvalue weighted by Crippen LogP contribution is -2.27. The van der Waals surface area contributed by atoms with Crippen LogP contribution in [0.15, 0.2) is 62.3 Å². The van der Waals surface area contributed by atoms with Gasteiger partial charge >= 0.3 is 5.97 Å². The fraction of sp³-hybridized carbons (Fsp3) is 0.0455. The molecule has 0 bridgehead atoms. The summed E-state index contributed by atoms with van der Waals surface area (Å²) in [7, 11) is 0. The number of rotatable bonds is 4. The molecule has 2 heterocycles. The van der Waals surface area contributed by atoms with Crippen molar-refractivity contribution < 1.29 is 19.1 Å². The van der Waals surface area contributed by atoms with Crippen LogP contribution in [-0.4, -0.2) is 21.3 Å². The van der Waals surface area contributed by atoms with Crippen molar-refractivity contribution in [3.05, 3.63) is 79.8 Å². The number of hydrogen-bond acceptors (Lipinski definition) is 5. The summed E-state index contributed by atoms with van der Waals surface area (Å²) < 4.78 is 7.03. The summed E-state index contributed by atoms with van der Waals surface area (Å²) in [6.07, 6.45) is 1.64. The first-order chi connectivity index (χ1) is 14.7. The number of thiocarbonyl (C=S) groups is 1. The highest BCUT2D eigenvalue weighted by Crippen LogP contribution is 2.38. The average Bonchev–Trinajstić information content (AvgIpc) is 3.28. The minimum absolute atomic E-state index is 0.213. The maximum absolute atomic E-state index is 12.9. The number of carboxylic acid groups (broad SMARTS) is 1. The number of carbonyl (C=O) groups excluding carboxylic acids is 1. The van der Waals surface area contributed by atoms with Crippen LogP contribution in [0.5, 0.6) is 0 Å². The fourth-order valence-electron chi connectivity index (χ4n) is 3.09. The third-order valence-corrected chi connectivity index (χ3v) is 7.13. The Balaban J connectivity index is 1.61. The number of amides is 1. The van der Waals surface area contributed by atoms with E-state index in [1.807, 2.05) is 6.92 Å². The molecule has 9 heteroatoms. The summed E-state index contributed by atoms with van der Waals surface area (Å²) in [5.74, 6) is -0.167. The van der Waals surface area contributed by atoms with Gasteiger partial charge in [0.05, 0.1) is 21.2 Å². The molecule has 0 saturated carbocycles. The largest absolute Gasteiger partial charge is 0.478 e. The molecule has 156 valence electrons. The van der Waals surface area contributed by atoms with Crippen LogP contribution in [0.25, 0.3) is 17.4 Å². The lowest BCUT2D eigenvalue weighted by atomic mass is 10.0. The Hall–Kier alpha value is -2.39. The van der Waals surface area contributed by atoms with Gasteiger partial charge in [-0.3, -0.25) is 9.69 Å². The molecular weight excluding hydrogens is 522 g/mol. The molecule has 1 saturated heterocycles. The number of benzene rings is 2. The number of anilines is 1. The molecule has 4 rings (SSSR count). The van der Waals surface area contributed by atoms with Gasteiger partial charge in [0.1, 0.15) is 11.5 Å². The van der Waals surface area contributed by atoms with Crippen LogP contribution >= 0.6 is 51.5 Å². The van der Waals surface area contributed by atoms with E-state index >= 15 is 0 Å². The van der Waals surface area contributed by atoms with Gasteiger partial charge in [0, 0.05) is 16.1 Å². The Kier molecular flexibility index (Phi) is 6.07. The number of thioether (sulfide) groups is 1. The minimum atomic E-state index is -0.983. The van der Waals surface area contributed by atoms with E-state index in [4.69, 9.17) is 33.3 Å². The third kappa shape index (κ3) is 4.34. The van der Waals surface area contributed by atoms with Crippen molar-refractivity contribution in [1.29, 1.82) is 0 Å². The van der Waals surface area contributed by atoms with Crippen LogP contribution in [0.3, 0.4) is 0 Å². The van der Waals surface area contributed by atoms with E-state index in [0.717, 1.165) is 15.6 Å².